The van der Waals surface area contributed by atoms with Crippen LogP contribution in [0, 0.1) is 0 Å². The minimum atomic E-state index is -0.474. The van der Waals surface area contributed by atoms with E-state index in [9.17, 15) is 9.90 Å². The van der Waals surface area contributed by atoms with Gasteiger partial charge in [0.25, 0.3) is 0 Å². The van der Waals surface area contributed by atoms with Gasteiger partial charge in [0, 0.05) is 0 Å². The second kappa shape index (κ2) is 5.54. The van der Waals surface area contributed by atoms with E-state index < -0.39 is 5.97 Å². The van der Waals surface area contributed by atoms with Crippen molar-refractivity contribution in [2.75, 3.05) is 0 Å². The number of carbonyl (C=O) groups is 1. The molecule has 2 aromatic carbocycles. The van der Waals surface area contributed by atoms with E-state index in [0.29, 0.717) is 14.5 Å². The maximum atomic E-state index is 11.8. The van der Waals surface area contributed by atoms with Crippen molar-refractivity contribution in [3.8, 4) is 11.5 Å². The number of carbonyl (C=O) groups excluding carboxylic acids is 1. The summed E-state index contributed by atoms with van der Waals surface area (Å²) in [6.45, 7) is 0. The molecule has 0 heterocycles. The summed E-state index contributed by atoms with van der Waals surface area (Å²) in [6, 6.07) is 11.8. The third kappa shape index (κ3) is 2.73. The van der Waals surface area contributed by atoms with Gasteiger partial charge in [-0.05, 0) is 56.1 Å². The molecule has 5 heteroatoms. The average molecular weight is 372 g/mol. The first-order valence-corrected chi connectivity index (χ1v) is 6.62. The number of halogens is 2. The number of esters is 1. The molecule has 0 saturated carbocycles. The van der Waals surface area contributed by atoms with Crippen LogP contribution in [-0.4, -0.2) is 11.1 Å². The van der Waals surface area contributed by atoms with Gasteiger partial charge in [-0.1, -0.05) is 18.2 Å². The number of ether oxygens (including phenoxy) is 1. The molecule has 2 rings (SSSR count). The van der Waals surface area contributed by atoms with Crippen molar-refractivity contribution < 1.29 is 14.6 Å². The molecule has 92 valence electrons. The van der Waals surface area contributed by atoms with Crippen molar-refractivity contribution >= 4 is 37.8 Å². The molecule has 0 aliphatic rings. The molecule has 18 heavy (non-hydrogen) atoms. The summed E-state index contributed by atoms with van der Waals surface area (Å²) in [6.07, 6.45) is 0. The zero-order valence-corrected chi connectivity index (χ0v) is 12.2. The Labute approximate surface area is 121 Å². The Bertz CT molecular complexity index is 582. The Kier molecular flexibility index (Phi) is 4.04. The fourth-order valence-electron chi connectivity index (χ4n) is 1.33. The summed E-state index contributed by atoms with van der Waals surface area (Å²) in [5, 5.41) is 9.69. The molecular formula is C13H8Br2O3. The number of rotatable bonds is 2. The Morgan fingerprint density at radius 2 is 1.72 bits per heavy atom. The van der Waals surface area contributed by atoms with Gasteiger partial charge in [0.15, 0.2) is 0 Å². The quantitative estimate of drug-likeness (QED) is 0.637. The number of aromatic hydroxyl groups is 1. The normalized spacial score (nSPS) is 10.1. The molecule has 0 atom stereocenters. The van der Waals surface area contributed by atoms with Crippen molar-refractivity contribution in [2.24, 2.45) is 0 Å². The Morgan fingerprint density at radius 1 is 1.06 bits per heavy atom. The highest BCUT2D eigenvalue weighted by atomic mass is 79.9. The Hall–Kier alpha value is -1.33. The van der Waals surface area contributed by atoms with Gasteiger partial charge in [-0.3, -0.25) is 0 Å². The van der Waals surface area contributed by atoms with Crippen molar-refractivity contribution in [1.82, 2.24) is 0 Å². The van der Waals surface area contributed by atoms with Crippen LogP contribution in [0.4, 0.5) is 0 Å². The molecule has 1 N–H and O–H groups in total. The molecular weight excluding hydrogens is 364 g/mol. The number of hydrogen-bond acceptors (Lipinski definition) is 3. The predicted molar refractivity (Wildman–Crippen MR) is 74.9 cm³/mol. The molecule has 0 aromatic heterocycles. The lowest BCUT2D eigenvalue weighted by Crippen LogP contribution is -2.08. The van der Waals surface area contributed by atoms with Crippen molar-refractivity contribution in [1.29, 1.82) is 0 Å². The van der Waals surface area contributed by atoms with Gasteiger partial charge in [-0.25, -0.2) is 4.79 Å². The molecule has 0 fully saturated rings. The average Bonchev–Trinajstić information content (AvgIpc) is 2.40. The summed E-state index contributed by atoms with van der Waals surface area (Å²) in [5.74, 6) is -0.212. The van der Waals surface area contributed by atoms with E-state index in [0.717, 1.165) is 0 Å². The van der Waals surface area contributed by atoms with E-state index in [-0.39, 0.29) is 11.5 Å². The third-order valence-electron chi connectivity index (χ3n) is 2.24. The van der Waals surface area contributed by atoms with Gasteiger partial charge in [-0.15, -0.1) is 0 Å². The van der Waals surface area contributed by atoms with E-state index in [1.807, 2.05) is 6.07 Å². The van der Waals surface area contributed by atoms with Gasteiger partial charge >= 0.3 is 5.97 Å². The smallest absolute Gasteiger partial charge is 0.343 e. The van der Waals surface area contributed by atoms with Gasteiger partial charge in [0.05, 0.1) is 10.0 Å². The van der Waals surface area contributed by atoms with Crippen molar-refractivity contribution in [3.05, 3.63) is 57.0 Å². The fraction of sp³-hybridized carbons (Fsp3) is 0. The molecule has 0 saturated heterocycles. The standard InChI is InChI=1S/C13H8Br2O3/c14-9-6-7-10(11(15)12(9)16)18-13(17)8-4-2-1-3-5-8/h1-7,16H. The lowest BCUT2D eigenvalue weighted by molar-refractivity contribution is 0.0733. The van der Waals surface area contributed by atoms with Crippen LogP contribution in [0.25, 0.3) is 0 Å². The van der Waals surface area contributed by atoms with Crippen LogP contribution >= 0.6 is 31.9 Å². The molecule has 2 aromatic rings. The molecule has 0 radical (unpaired) electrons. The molecule has 0 bridgehead atoms. The SMILES string of the molecule is O=C(Oc1ccc(Br)c(O)c1Br)c1ccccc1. The highest BCUT2D eigenvalue weighted by Crippen LogP contribution is 2.39. The van der Waals surface area contributed by atoms with Crippen LogP contribution in [-0.2, 0) is 0 Å². The van der Waals surface area contributed by atoms with Crippen LogP contribution in [0.2, 0.25) is 0 Å². The molecule has 0 aliphatic heterocycles. The van der Waals surface area contributed by atoms with Crippen LogP contribution in [0.1, 0.15) is 10.4 Å². The third-order valence-corrected chi connectivity index (χ3v) is 3.65. The first-order valence-electron chi connectivity index (χ1n) is 5.04. The van der Waals surface area contributed by atoms with Crippen molar-refractivity contribution in [2.45, 2.75) is 0 Å². The lowest BCUT2D eigenvalue weighted by Gasteiger charge is -2.08. The minimum absolute atomic E-state index is 0.00615. The molecule has 0 unspecified atom stereocenters. The van der Waals surface area contributed by atoms with Gasteiger partial charge in [0.1, 0.15) is 16.0 Å². The summed E-state index contributed by atoms with van der Waals surface area (Å²) < 4.78 is 6.06. The molecule has 3 nitrogen and oxygen atoms in total. The van der Waals surface area contributed by atoms with E-state index in [2.05, 4.69) is 31.9 Å². The first-order chi connectivity index (χ1) is 8.59. The van der Waals surface area contributed by atoms with Gasteiger partial charge < -0.3 is 9.84 Å². The minimum Gasteiger partial charge on any atom is -0.505 e. The maximum absolute atomic E-state index is 11.8. The van der Waals surface area contributed by atoms with E-state index in [1.165, 1.54) is 0 Å². The summed E-state index contributed by atoms with van der Waals surface area (Å²) >= 11 is 6.35. The molecule has 0 spiro atoms. The second-order valence-corrected chi connectivity index (χ2v) is 5.11. The maximum Gasteiger partial charge on any atom is 0.343 e. The lowest BCUT2D eigenvalue weighted by atomic mass is 10.2. The highest BCUT2D eigenvalue weighted by Gasteiger charge is 2.14. The van der Waals surface area contributed by atoms with Crippen LogP contribution in [0.5, 0.6) is 11.5 Å². The Morgan fingerprint density at radius 3 is 2.39 bits per heavy atom. The number of phenols is 1. The monoisotopic (exact) mass is 370 g/mol. The Balaban J connectivity index is 2.26. The van der Waals surface area contributed by atoms with Gasteiger partial charge in [-0.2, -0.15) is 0 Å². The van der Waals surface area contributed by atoms with Crippen LogP contribution in [0.15, 0.2) is 51.4 Å². The van der Waals surface area contributed by atoms with E-state index in [1.54, 1.807) is 36.4 Å². The fourth-order valence-corrected chi connectivity index (χ4v) is 2.36. The second-order valence-electron chi connectivity index (χ2n) is 3.46. The summed E-state index contributed by atoms with van der Waals surface area (Å²) in [5.41, 5.74) is 0.451. The van der Waals surface area contributed by atoms with Crippen molar-refractivity contribution in [3.63, 3.8) is 0 Å². The number of phenolic OH excluding ortho intramolecular Hbond substituents is 1. The zero-order valence-electron chi connectivity index (χ0n) is 9.06. The van der Waals surface area contributed by atoms with Gasteiger partial charge in [0.2, 0.25) is 0 Å². The number of hydrogen-bond donors (Lipinski definition) is 1. The number of benzene rings is 2. The van der Waals surface area contributed by atoms with Crippen LogP contribution in [0.3, 0.4) is 0 Å². The van der Waals surface area contributed by atoms with E-state index >= 15 is 0 Å². The molecule has 0 amide bonds. The molecule has 0 aliphatic carbocycles. The zero-order chi connectivity index (χ0) is 13.1. The largest absolute Gasteiger partial charge is 0.505 e. The highest BCUT2D eigenvalue weighted by molar-refractivity contribution is 9.11. The van der Waals surface area contributed by atoms with Crippen LogP contribution < -0.4 is 4.74 Å². The first kappa shape index (κ1) is 13.1. The van der Waals surface area contributed by atoms with E-state index in [4.69, 9.17) is 4.74 Å². The summed E-state index contributed by atoms with van der Waals surface area (Å²) in [7, 11) is 0. The topological polar surface area (TPSA) is 46.5 Å². The predicted octanol–water partition coefficient (Wildman–Crippen LogP) is 4.14. The summed E-state index contributed by atoms with van der Waals surface area (Å²) in [4.78, 5) is 11.8.